The molecule has 6 heteroatoms. The molecular formula is C18H23N3O3. The maximum Gasteiger partial charge on any atom is 0.227 e. The minimum Gasteiger partial charge on any atom is -0.497 e. The van der Waals surface area contributed by atoms with Gasteiger partial charge in [-0.05, 0) is 38.3 Å². The van der Waals surface area contributed by atoms with Crippen molar-refractivity contribution in [2.24, 2.45) is 0 Å². The Balaban J connectivity index is 1.60. The van der Waals surface area contributed by atoms with Crippen LogP contribution in [0.5, 0.6) is 5.75 Å². The Bertz CT molecular complexity index is 698. The molecule has 1 aromatic carbocycles. The van der Waals surface area contributed by atoms with Gasteiger partial charge in [0.05, 0.1) is 7.11 Å². The van der Waals surface area contributed by atoms with Gasteiger partial charge in [-0.2, -0.15) is 4.98 Å². The number of methoxy groups -OCH3 is 1. The second-order valence-electron chi connectivity index (χ2n) is 6.18. The van der Waals surface area contributed by atoms with Gasteiger partial charge in [-0.15, -0.1) is 0 Å². The Kier molecular flexibility index (Phi) is 5.13. The van der Waals surface area contributed by atoms with Gasteiger partial charge < -0.3 is 14.2 Å². The zero-order valence-corrected chi connectivity index (χ0v) is 14.2. The van der Waals surface area contributed by atoms with E-state index >= 15 is 0 Å². The van der Waals surface area contributed by atoms with Gasteiger partial charge >= 0.3 is 0 Å². The van der Waals surface area contributed by atoms with E-state index in [0.29, 0.717) is 30.6 Å². The van der Waals surface area contributed by atoms with E-state index in [0.717, 1.165) is 30.7 Å². The van der Waals surface area contributed by atoms with E-state index in [2.05, 4.69) is 17.1 Å². The highest BCUT2D eigenvalue weighted by Crippen LogP contribution is 2.22. The third-order valence-corrected chi connectivity index (χ3v) is 4.47. The summed E-state index contributed by atoms with van der Waals surface area (Å²) in [6.45, 7) is 2.98. The predicted molar refractivity (Wildman–Crippen MR) is 89.6 cm³/mol. The van der Waals surface area contributed by atoms with Crippen molar-refractivity contribution in [2.45, 2.75) is 45.1 Å². The number of aryl methyl sites for hydroxylation is 1. The highest BCUT2D eigenvalue weighted by atomic mass is 16.5. The summed E-state index contributed by atoms with van der Waals surface area (Å²) in [5, 5.41) is 4.00. The number of benzene rings is 1. The van der Waals surface area contributed by atoms with Gasteiger partial charge in [-0.1, -0.05) is 17.3 Å². The molecule has 0 N–H and O–H groups in total. The van der Waals surface area contributed by atoms with Crippen molar-refractivity contribution in [1.29, 1.82) is 0 Å². The minimum absolute atomic E-state index is 0.170. The van der Waals surface area contributed by atoms with Crippen molar-refractivity contribution in [1.82, 2.24) is 15.0 Å². The van der Waals surface area contributed by atoms with E-state index < -0.39 is 0 Å². The van der Waals surface area contributed by atoms with Crippen molar-refractivity contribution in [2.75, 3.05) is 13.7 Å². The molecule has 2 aromatic rings. The first kappa shape index (κ1) is 16.5. The lowest BCUT2D eigenvalue weighted by atomic mass is 10.0. The standard InChI is InChI=1S/C18H23N3O3/c1-13-6-3-4-11-21(13)17(22)10-9-16-19-18(20-24-16)14-7-5-8-15(12-14)23-2/h5,7-8,12-13H,3-4,6,9-11H2,1-2H3. The highest BCUT2D eigenvalue weighted by Gasteiger charge is 2.23. The third-order valence-electron chi connectivity index (χ3n) is 4.47. The summed E-state index contributed by atoms with van der Waals surface area (Å²) in [5.41, 5.74) is 0.834. The van der Waals surface area contributed by atoms with Crippen LogP contribution >= 0.6 is 0 Å². The fourth-order valence-corrected chi connectivity index (χ4v) is 3.06. The van der Waals surface area contributed by atoms with E-state index in [1.807, 2.05) is 29.2 Å². The van der Waals surface area contributed by atoms with Crippen LogP contribution in [0.4, 0.5) is 0 Å². The van der Waals surface area contributed by atoms with Crippen LogP contribution in [-0.2, 0) is 11.2 Å². The molecule has 1 saturated heterocycles. The van der Waals surface area contributed by atoms with Crippen LogP contribution in [0.15, 0.2) is 28.8 Å². The van der Waals surface area contributed by atoms with Crippen LogP contribution in [0.1, 0.15) is 38.5 Å². The normalized spacial score (nSPS) is 17.8. The average Bonchev–Trinajstić information content (AvgIpc) is 3.09. The summed E-state index contributed by atoms with van der Waals surface area (Å²) in [6, 6.07) is 7.84. The Morgan fingerprint density at radius 1 is 1.42 bits per heavy atom. The molecular weight excluding hydrogens is 306 g/mol. The molecule has 1 atom stereocenters. The number of aromatic nitrogens is 2. The number of carbonyl (C=O) groups excluding carboxylic acids is 1. The zero-order valence-electron chi connectivity index (χ0n) is 14.2. The number of likely N-dealkylation sites (tertiary alicyclic amines) is 1. The SMILES string of the molecule is COc1cccc(-c2noc(CCC(=O)N3CCCCC3C)n2)c1. The number of ether oxygens (including phenoxy) is 1. The molecule has 1 unspecified atom stereocenters. The molecule has 2 heterocycles. The summed E-state index contributed by atoms with van der Waals surface area (Å²) >= 11 is 0. The number of nitrogens with zero attached hydrogens (tertiary/aromatic N) is 3. The molecule has 0 saturated carbocycles. The van der Waals surface area contributed by atoms with Gasteiger partial charge in [0.2, 0.25) is 17.6 Å². The Morgan fingerprint density at radius 3 is 3.08 bits per heavy atom. The number of rotatable bonds is 5. The molecule has 1 aliphatic heterocycles. The summed E-state index contributed by atoms with van der Waals surface area (Å²) in [6.07, 6.45) is 4.27. The molecule has 1 amide bonds. The second-order valence-corrected chi connectivity index (χ2v) is 6.18. The fraction of sp³-hybridized carbons (Fsp3) is 0.500. The summed E-state index contributed by atoms with van der Waals surface area (Å²) < 4.78 is 10.5. The van der Waals surface area contributed by atoms with Crippen molar-refractivity contribution >= 4 is 5.91 Å². The minimum atomic E-state index is 0.170. The molecule has 0 bridgehead atoms. The monoisotopic (exact) mass is 329 g/mol. The predicted octanol–water partition coefficient (Wildman–Crippen LogP) is 3.08. The van der Waals surface area contributed by atoms with Gasteiger partial charge in [0, 0.05) is 31.0 Å². The molecule has 0 aliphatic carbocycles. The quantitative estimate of drug-likeness (QED) is 0.843. The molecule has 24 heavy (non-hydrogen) atoms. The van der Waals surface area contributed by atoms with Gasteiger partial charge in [0.15, 0.2) is 0 Å². The summed E-state index contributed by atoms with van der Waals surface area (Å²) in [4.78, 5) is 18.7. The largest absolute Gasteiger partial charge is 0.497 e. The molecule has 6 nitrogen and oxygen atoms in total. The smallest absolute Gasteiger partial charge is 0.227 e. The number of carbonyl (C=O) groups is 1. The lowest BCUT2D eigenvalue weighted by Gasteiger charge is -2.33. The Hall–Kier alpha value is -2.37. The van der Waals surface area contributed by atoms with Crippen molar-refractivity contribution in [3.05, 3.63) is 30.2 Å². The molecule has 1 aromatic heterocycles. The van der Waals surface area contributed by atoms with Crippen LogP contribution in [0.25, 0.3) is 11.4 Å². The fourth-order valence-electron chi connectivity index (χ4n) is 3.06. The van der Waals surface area contributed by atoms with E-state index in [4.69, 9.17) is 9.26 Å². The molecule has 128 valence electrons. The van der Waals surface area contributed by atoms with Crippen LogP contribution in [0, 0.1) is 0 Å². The van der Waals surface area contributed by atoms with Crippen molar-refractivity contribution < 1.29 is 14.1 Å². The maximum absolute atomic E-state index is 12.4. The number of piperidine rings is 1. The maximum atomic E-state index is 12.4. The first-order valence-corrected chi connectivity index (χ1v) is 8.44. The lowest BCUT2D eigenvalue weighted by molar-refractivity contribution is -0.134. The van der Waals surface area contributed by atoms with Gasteiger partial charge in [-0.3, -0.25) is 4.79 Å². The van der Waals surface area contributed by atoms with Crippen LogP contribution in [0.3, 0.4) is 0 Å². The van der Waals surface area contributed by atoms with E-state index in [9.17, 15) is 4.79 Å². The second kappa shape index (κ2) is 7.47. The van der Waals surface area contributed by atoms with Gasteiger partial charge in [0.25, 0.3) is 0 Å². The summed E-state index contributed by atoms with van der Waals surface area (Å²) in [7, 11) is 1.62. The molecule has 0 spiro atoms. The van der Waals surface area contributed by atoms with Crippen molar-refractivity contribution in [3.8, 4) is 17.1 Å². The summed E-state index contributed by atoms with van der Waals surface area (Å²) in [5.74, 6) is 1.92. The topological polar surface area (TPSA) is 68.5 Å². The third kappa shape index (κ3) is 3.75. The van der Waals surface area contributed by atoms with Crippen LogP contribution in [0.2, 0.25) is 0 Å². The first-order valence-electron chi connectivity index (χ1n) is 8.44. The number of amides is 1. The highest BCUT2D eigenvalue weighted by molar-refractivity contribution is 5.76. The lowest BCUT2D eigenvalue weighted by Crippen LogP contribution is -2.42. The molecule has 1 fully saturated rings. The number of hydrogen-bond acceptors (Lipinski definition) is 5. The van der Waals surface area contributed by atoms with Gasteiger partial charge in [-0.25, -0.2) is 0 Å². The molecule has 0 radical (unpaired) electrons. The van der Waals surface area contributed by atoms with E-state index in [1.54, 1.807) is 7.11 Å². The zero-order chi connectivity index (χ0) is 16.9. The average molecular weight is 329 g/mol. The first-order chi connectivity index (χ1) is 11.7. The van der Waals surface area contributed by atoms with Gasteiger partial charge in [0.1, 0.15) is 5.75 Å². The molecule has 1 aliphatic rings. The van der Waals surface area contributed by atoms with Crippen LogP contribution in [-0.4, -0.2) is 40.6 Å². The molecule has 3 rings (SSSR count). The van der Waals surface area contributed by atoms with Crippen LogP contribution < -0.4 is 4.74 Å². The Morgan fingerprint density at radius 2 is 2.29 bits per heavy atom. The van der Waals surface area contributed by atoms with E-state index in [-0.39, 0.29) is 5.91 Å². The van der Waals surface area contributed by atoms with E-state index in [1.165, 1.54) is 6.42 Å². The van der Waals surface area contributed by atoms with Crippen molar-refractivity contribution in [3.63, 3.8) is 0 Å². The number of hydrogen-bond donors (Lipinski definition) is 0. The Labute approximate surface area is 141 Å².